The fraction of sp³-hybridized carbons (Fsp3) is 0.353. The second-order valence-corrected chi connectivity index (χ2v) is 11.0. The maximum Gasteiger partial charge on any atom is 0.393 e. The van der Waals surface area contributed by atoms with E-state index in [1.165, 1.54) is 17.7 Å². The van der Waals surface area contributed by atoms with Crippen LogP contribution in [0.1, 0.15) is 45.6 Å². The van der Waals surface area contributed by atoms with E-state index in [4.69, 9.17) is 9.73 Å². The predicted octanol–water partition coefficient (Wildman–Crippen LogP) is 8.54. The highest BCUT2D eigenvalue weighted by Gasteiger charge is 2.32. The summed E-state index contributed by atoms with van der Waals surface area (Å²) in [5.74, 6) is 1.86. The van der Waals surface area contributed by atoms with Gasteiger partial charge < -0.3 is 14.5 Å². The van der Waals surface area contributed by atoms with Gasteiger partial charge in [-0.25, -0.2) is 0 Å². The molecule has 0 saturated carbocycles. The Hall–Kier alpha value is -4.07. The summed E-state index contributed by atoms with van der Waals surface area (Å²) in [7, 11) is 3.62. The summed E-state index contributed by atoms with van der Waals surface area (Å²) in [6.45, 7) is 19.1. The monoisotopic (exact) mass is 578 g/mol. The molecule has 0 amide bonds. The summed E-state index contributed by atoms with van der Waals surface area (Å²) < 4.78 is 44.9. The molecule has 1 atom stereocenters. The molecule has 1 aliphatic carbocycles. The van der Waals surface area contributed by atoms with Crippen LogP contribution in [-0.4, -0.2) is 48.7 Å². The predicted molar refractivity (Wildman–Crippen MR) is 167 cm³/mol. The smallest absolute Gasteiger partial charge is 0.393 e. The molecule has 0 radical (unpaired) electrons. The van der Waals surface area contributed by atoms with E-state index in [9.17, 15) is 13.2 Å². The molecule has 0 N–H and O–H groups in total. The number of alkyl halides is 3. The van der Waals surface area contributed by atoms with Gasteiger partial charge in [0.15, 0.2) is 5.90 Å². The lowest BCUT2D eigenvalue weighted by molar-refractivity contribution is -0.127. The van der Waals surface area contributed by atoms with Crippen molar-refractivity contribution in [2.75, 3.05) is 20.6 Å². The minimum Gasteiger partial charge on any atom is -0.443 e. The van der Waals surface area contributed by atoms with Gasteiger partial charge in [-0.1, -0.05) is 68.7 Å². The fourth-order valence-corrected chi connectivity index (χ4v) is 4.79. The highest BCUT2D eigenvalue weighted by Crippen LogP contribution is 2.40. The van der Waals surface area contributed by atoms with Crippen molar-refractivity contribution < 1.29 is 17.9 Å². The molecule has 0 aromatic heterocycles. The van der Waals surface area contributed by atoms with Gasteiger partial charge in [-0.05, 0) is 60.9 Å². The zero-order valence-electron chi connectivity index (χ0n) is 25.3. The van der Waals surface area contributed by atoms with Crippen LogP contribution in [0.15, 0.2) is 118 Å². The SMILES string of the molecule is C=C/C(=C\C=N/C)CN1C(=C)N(C)C(=C)C(CCC2(C)C=CC(C)=CC2)=C1/N=C(\C)Oc1cccc(CC(F)(F)F)c1. The summed E-state index contributed by atoms with van der Waals surface area (Å²) in [6.07, 6.45) is 9.17. The van der Waals surface area contributed by atoms with Crippen molar-refractivity contribution >= 4 is 12.1 Å². The van der Waals surface area contributed by atoms with Gasteiger partial charge in [-0.15, -0.1) is 0 Å². The second kappa shape index (κ2) is 13.7. The number of benzene rings is 1. The molecule has 1 aromatic carbocycles. The molecule has 8 heteroatoms. The van der Waals surface area contributed by atoms with Crippen molar-refractivity contribution in [2.24, 2.45) is 15.4 Å². The number of ether oxygens (including phenoxy) is 1. The standard InChI is InChI=1S/C34H41F3N4O/c1-9-28(16-20-38-7)23-41-27(5)40(8)25(3)31(15-19-33(6)17-13-24(2)14-18-33)32(41)39-26(4)42-30-12-10-11-29(21-30)22-34(35,36)37/h9-14,16-17,20-21H,1,3,5,15,18-19,22-23H2,2,4,6-8H3/b28-16+,38-20-,39-26+. The zero-order chi connectivity index (χ0) is 31.1. The van der Waals surface area contributed by atoms with Gasteiger partial charge in [0, 0.05) is 38.5 Å². The average Bonchev–Trinajstić information content (AvgIpc) is 2.92. The Kier molecular flexibility index (Phi) is 10.6. The molecule has 42 heavy (non-hydrogen) atoms. The van der Waals surface area contributed by atoms with Crippen LogP contribution in [0, 0.1) is 5.41 Å². The first-order valence-corrected chi connectivity index (χ1v) is 13.9. The Labute approximate surface area is 248 Å². The molecule has 0 fully saturated rings. The summed E-state index contributed by atoms with van der Waals surface area (Å²) in [4.78, 5) is 12.9. The van der Waals surface area contributed by atoms with Crippen LogP contribution in [0.25, 0.3) is 0 Å². The average molecular weight is 579 g/mol. The fourth-order valence-electron chi connectivity index (χ4n) is 4.79. The van der Waals surface area contributed by atoms with Crippen molar-refractivity contribution in [3.63, 3.8) is 0 Å². The summed E-state index contributed by atoms with van der Waals surface area (Å²) in [6, 6.07) is 5.98. The van der Waals surface area contributed by atoms with Gasteiger partial charge in [0.2, 0.25) is 0 Å². The lowest BCUT2D eigenvalue weighted by Gasteiger charge is -2.41. The van der Waals surface area contributed by atoms with Crippen molar-refractivity contribution in [1.82, 2.24) is 9.80 Å². The third-order valence-electron chi connectivity index (χ3n) is 7.44. The van der Waals surface area contributed by atoms with Crippen LogP contribution in [0.2, 0.25) is 0 Å². The Morgan fingerprint density at radius 3 is 2.60 bits per heavy atom. The normalized spacial score (nSPS) is 20.5. The number of rotatable bonds is 10. The molecule has 224 valence electrons. The zero-order valence-corrected chi connectivity index (χ0v) is 25.3. The molecule has 2 aliphatic rings. The van der Waals surface area contributed by atoms with Crippen LogP contribution >= 0.6 is 0 Å². The molecular weight excluding hydrogens is 537 g/mol. The number of hydrogen-bond acceptors (Lipinski definition) is 5. The molecule has 1 aromatic rings. The van der Waals surface area contributed by atoms with Crippen LogP contribution < -0.4 is 4.74 Å². The lowest BCUT2D eigenvalue weighted by atomic mass is 9.77. The number of halogens is 3. The van der Waals surface area contributed by atoms with E-state index in [1.54, 1.807) is 38.4 Å². The van der Waals surface area contributed by atoms with Gasteiger partial charge in [0.1, 0.15) is 17.4 Å². The quantitative estimate of drug-likeness (QED) is 0.159. The molecule has 0 bridgehead atoms. The lowest BCUT2D eigenvalue weighted by Crippen LogP contribution is -2.38. The number of allylic oxidation sites excluding steroid dienone is 6. The van der Waals surface area contributed by atoms with E-state index in [0.29, 0.717) is 24.6 Å². The second-order valence-electron chi connectivity index (χ2n) is 11.0. The number of likely N-dealkylation sites (N-methyl/N-ethyl adjacent to an activating group) is 1. The Morgan fingerprint density at radius 1 is 1.24 bits per heavy atom. The van der Waals surface area contributed by atoms with E-state index >= 15 is 0 Å². The highest BCUT2D eigenvalue weighted by molar-refractivity contribution is 5.77. The van der Waals surface area contributed by atoms with Gasteiger partial charge in [0.05, 0.1) is 13.0 Å². The van der Waals surface area contributed by atoms with Crippen LogP contribution in [0.3, 0.4) is 0 Å². The third kappa shape index (κ3) is 8.71. The minimum absolute atomic E-state index is 0.0201. The van der Waals surface area contributed by atoms with Gasteiger partial charge in [-0.2, -0.15) is 18.2 Å². The molecule has 1 unspecified atom stereocenters. The van der Waals surface area contributed by atoms with Gasteiger partial charge in [-0.3, -0.25) is 4.99 Å². The largest absolute Gasteiger partial charge is 0.443 e. The minimum atomic E-state index is -4.31. The Morgan fingerprint density at radius 2 is 1.98 bits per heavy atom. The van der Waals surface area contributed by atoms with E-state index < -0.39 is 12.6 Å². The Balaban J connectivity index is 2.05. The maximum atomic E-state index is 13.0. The first-order valence-electron chi connectivity index (χ1n) is 13.9. The number of aliphatic imine (C=N–C) groups is 2. The summed E-state index contributed by atoms with van der Waals surface area (Å²) >= 11 is 0. The van der Waals surface area contributed by atoms with Crippen LogP contribution in [-0.2, 0) is 6.42 Å². The van der Waals surface area contributed by atoms with Crippen molar-refractivity contribution in [1.29, 1.82) is 0 Å². The molecule has 3 rings (SSSR count). The summed E-state index contributed by atoms with van der Waals surface area (Å²) in [5.41, 5.74) is 3.97. The van der Waals surface area contributed by atoms with E-state index in [0.717, 1.165) is 29.7 Å². The Bertz CT molecular complexity index is 1390. The first kappa shape index (κ1) is 32.4. The molecule has 0 spiro atoms. The number of hydrogen-bond donors (Lipinski definition) is 0. The molecule has 1 aliphatic heterocycles. The van der Waals surface area contributed by atoms with Gasteiger partial charge in [0.25, 0.3) is 0 Å². The van der Waals surface area contributed by atoms with Crippen molar-refractivity contribution in [2.45, 2.75) is 52.6 Å². The first-order chi connectivity index (χ1) is 19.7. The van der Waals surface area contributed by atoms with Gasteiger partial charge >= 0.3 is 6.18 Å². The van der Waals surface area contributed by atoms with Crippen LogP contribution in [0.5, 0.6) is 5.75 Å². The van der Waals surface area contributed by atoms with E-state index in [1.807, 2.05) is 22.9 Å². The molecule has 1 heterocycles. The highest BCUT2D eigenvalue weighted by atomic mass is 19.4. The third-order valence-corrected chi connectivity index (χ3v) is 7.44. The van der Waals surface area contributed by atoms with Crippen molar-refractivity contribution in [3.05, 3.63) is 114 Å². The topological polar surface area (TPSA) is 40.4 Å². The van der Waals surface area contributed by atoms with E-state index in [-0.39, 0.29) is 22.6 Å². The molecule has 0 saturated heterocycles. The summed E-state index contributed by atoms with van der Waals surface area (Å²) in [5, 5.41) is 0. The maximum absolute atomic E-state index is 13.0. The van der Waals surface area contributed by atoms with Crippen molar-refractivity contribution in [3.8, 4) is 5.75 Å². The molecular formula is C34H41F3N4O. The number of nitrogens with zero attached hydrogens (tertiary/aromatic N) is 4. The van der Waals surface area contributed by atoms with E-state index in [2.05, 4.69) is 56.8 Å². The van der Waals surface area contributed by atoms with Crippen LogP contribution in [0.4, 0.5) is 13.2 Å². The molecule has 5 nitrogen and oxygen atoms in total.